The zero-order valence-corrected chi connectivity index (χ0v) is 14.1. The first-order chi connectivity index (χ1) is 10.8. The summed E-state index contributed by atoms with van der Waals surface area (Å²) in [7, 11) is 0. The van der Waals surface area contributed by atoms with Crippen molar-refractivity contribution in [1.82, 2.24) is 14.7 Å². The van der Waals surface area contributed by atoms with Crippen molar-refractivity contribution in [3.63, 3.8) is 0 Å². The topological polar surface area (TPSA) is 26.8 Å². The van der Waals surface area contributed by atoms with Crippen LogP contribution in [0.4, 0.5) is 0 Å². The van der Waals surface area contributed by atoms with Crippen LogP contribution in [-0.4, -0.2) is 73.0 Å². The quantitative estimate of drug-likeness (QED) is 0.796. The summed E-state index contributed by atoms with van der Waals surface area (Å²) in [6.07, 6.45) is 10.8. The number of likely N-dealkylation sites (tertiary alicyclic amines) is 1. The third-order valence-corrected chi connectivity index (χ3v) is 5.74. The molecule has 2 saturated heterocycles. The SMILES string of the molecule is O=C(CN1CCCN(CC2CCCCC2)CC1)N1CCCC1. The molecule has 3 aliphatic rings. The third-order valence-electron chi connectivity index (χ3n) is 5.74. The van der Waals surface area contributed by atoms with Gasteiger partial charge in [0, 0.05) is 32.7 Å². The van der Waals surface area contributed by atoms with Crippen LogP contribution in [0.1, 0.15) is 51.4 Å². The second-order valence-electron chi connectivity index (χ2n) is 7.52. The summed E-state index contributed by atoms with van der Waals surface area (Å²) in [5.41, 5.74) is 0. The minimum Gasteiger partial charge on any atom is -0.342 e. The highest BCUT2D eigenvalue weighted by molar-refractivity contribution is 5.78. The van der Waals surface area contributed by atoms with E-state index in [2.05, 4.69) is 14.7 Å². The summed E-state index contributed by atoms with van der Waals surface area (Å²) in [5.74, 6) is 1.30. The molecule has 0 aromatic carbocycles. The van der Waals surface area contributed by atoms with E-state index in [4.69, 9.17) is 0 Å². The van der Waals surface area contributed by atoms with Crippen molar-refractivity contribution in [2.45, 2.75) is 51.4 Å². The number of carbonyl (C=O) groups is 1. The fraction of sp³-hybridized carbons (Fsp3) is 0.944. The highest BCUT2D eigenvalue weighted by Gasteiger charge is 2.23. The predicted molar refractivity (Wildman–Crippen MR) is 89.9 cm³/mol. The Balaban J connectivity index is 1.40. The second kappa shape index (κ2) is 8.30. The Bertz CT molecular complexity index is 348. The van der Waals surface area contributed by atoms with Crippen molar-refractivity contribution in [2.75, 3.05) is 52.4 Å². The molecule has 3 fully saturated rings. The lowest BCUT2D eigenvalue weighted by Crippen LogP contribution is -2.41. The summed E-state index contributed by atoms with van der Waals surface area (Å²) >= 11 is 0. The first-order valence-electron chi connectivity index (χ1n) is 9.54. The summed E-state index contributed by atoms with van der Waals surface area (Å²) in [6.45, 7) is 8.48. The van der Waals surface area contributed by atoms with Crippen molar-refractivity contribution in [1.29, 1.82) is 0 Å². The zero-order chi connectivity index (χ0) is 15.2. The standard InChI is InChI=1S/C18H33N3O/c22-18(21-11-4-5-12-21)16-20-10-6-9-19(13-14-20)15-17-7-2-1-3-8-17/h17H,1-16H2. The number of hydrogen-bond donors (Lipinski definition) is 0. The van der Waals surface area contributed by atoms with E-state index < -0.39 is 0 Å². The van der Waals surface area contributed by atoms with Gasteiger partial charge in [0.1, 0.15) is 0 Å². The average Bonchev–Trinajstić information content (AvgIpc) is 2.99. The fourth-order valence-electron chi connectivity index (χ4n) is 4.36. The van der Waals surface area contributed by atoms with Crippen LogP contribution in [0.3, 0.4) is 0 Å². The van der Waals surface area contributed by atoms with Gasteiger partial charge in [-0.2, -0.15) is 0 Å². The molecule has 4 nitrogen and oxygen atoms in total. The first-order valence-corrected chi connectivity index (χ1v) is 9.54. The molecule has 1 amide bonds. The van der Waals surface area contributed by atoms with Gasteiger partial charge in [0.25, 0.3) is 0 Å². The Morgan fingerprint density at radius 1 is 0.727 bits per heavy atom. The van der Waals surface area contributed by atoms with Gasteiger partial charge in [0.2, 0.25) is 5.91 Å². The minimum atomic E-state index is 0.359. The lowest BCUT2D eigenvalue weighted by Gasteiger charge is -2.29. The van der Waals surface area contributed by atoms with Gasteiger partial charge in [-0.05, 0) is 51.1 Å². The van der Waals surface area contributed by atoms with Gasteiger partial charge >= 0.3 is 0 Å². The molecule has 1 saturated carbocycles. The molecular formula is C18H33N3O. The predicted octanol–water partition coefficient (Wildman–Crippen LogP) is 2.20. The van der Waals surface area contributed by atoms with Gasteiger partial charge in [0.15, 0.2) is 0 Å². The molecule has 3 rings (SSSR count). The summed E-state index contributed by atoms with van der Waals surface area (Å²) < 4.78 is 0. The van der Waals surface area contributed by atoms with E-state index in [1.165, 1.54) is 64.5 Å². The van der Waals surface area contributed by atoms with Crippen molar-refractivity contribution >= 4 is 5.91 Å². The fourth-order valence-corrected chi connectivity index (χ4v) is 4.36. The molecule has 0 radical (unpaired) electrons. The molecule has 4 heteroatoms. The van der Waals surface area contributed by atoms with Crippen LogP contribution in [-0.2, 0) is 4.79 Å². The number of amides is 1. The molecule has 2 aliphatic heterocycles. The summed E-state index contributed by atoms with van der Waals surface area (Å²) in [6, 6.07) is 0. The van der Waals surface area contributed by atoms with Gasteiger partial charge in [-0.3, -0.25) is 9.69 Å². The summed E-state index contributed by atoms with van der Waals surface area (Å²) in [4.78, 5) is 19.4. The monoisotopic (exact) mass is 307 g/mol. The highest BCUT2D eigenvalue weighted by atomic mass is 16.2. The van der Waals surface area contributed by atoms with E-state index >= 15 is 0 Å². The molecule has 1 aliphatic carbocycles. The molecule has 0 atom stereocenters. The van der Waals surface area contributed by atoms with Gasteiger partial charge in [-0.25, -0.2) is 0 Å². The molecular weight excluding hydrogens is 274 g/mol. The maximum absolute atomic E-state index is 12.3. The van der Waals surface area contributed by atoms with E-state index in [1.54, 1.807) is 0 Å². The molecule has 0 bridgehead atoms. The molecule has 0 unspecified atom stereocenters. The van der Waals surface area contributed by atoms with Gasteiger partial charge < -0.3 is 9.80 Å². The van der Waals surface area contributed by atoms with Crippen LogP contribution in [0.2, 0.25) is 0 Å². The average molecular weight is 307 g/mol. The number of carbonyl (C=O) groups excluding carboxylic acids is 1. The minimum absolute atomic E-state index is 0.359. The molecule has 22 heavy (non-hydrogen) atoms. The Kier molecular flexibility index (Phi) is 6.13. The maximum Gasteiger partial charge on any atom is 0.236 e. The van der Waals surface area contributed by atoms with E-state index in [9.17, 15) is 4.79 Å². The molecule has 0 aromatic heterocycles. The molecule has 0 N–H and O–H groups in total. The lowest BCUT2D eigenvalue weighted by molar-refractivity contribution is -0.131. The van der Waals surface area contributed by atoms with Crippen molar-refractivity contribution in [3.8, 4) is 0 Å². The molecule has 0 aromatic rings. The van der Waals surface area contributed by atoms with E-state index in [0.717, 1.165) is 38.6 Å². The van der Waals surface area contributed by atoms with Crippen LogP contribution >= 0.6 is 0 Å². The van der Waals surface area contributed by atoms with Crippen molar-refractivity contribution in [2.24, 2.45) is 5.92 Å². The molecule has 0 spiro atoms. The van der Waals surface area contributed by atoms with Gasteiger partial charge in [-0.1, -0.05) is 19.3 Å². The second-order valence-corrected chi connectivity index (χ2v) is 7.52. The van der Waals surface area contributed by atoms with E-state index in [0.29, 0.717) is 12.5 Å². The van der Waals surface area contributed by atoms with Crippen molar-refractivity contribution in [3.05, 3.63) is 0 Å². The number of rotatable bonds is 4. The number of nitrogens with zero attached hydrogens (tertiary/aromatic N) is 3. The Hall–Kier alpha value is -0.610. The van der Waals surface area contributed by atoms with Crippen LogP contribution in [0, 0.1) is 5.92 Å². The van der Waals surface area contributed by atoms with Crippen LogP contribution < -0.4 is 0 Å². The smallest absolute Gasteiger partial charge is 0.236 e. The third kappa shape index (κ3) is 4.69. The molecule has 126 valence electrons. The van der Waals surface area contributed by atoms with Crippen LogP contribution in [0.25, 0.3) is 0 Å². The number of hydrogen-bond acceptors (Lipinski definition) is 3. The highest BCUT2D eigenvalue weighted by Crippen LogP contribution is 2.24. The van der Waals surface area contributed by atoms with Crippen molar-refractivity contribution < 1.29 is 4.79 Å². The Morgan fingerprint density at radius 3 is 2.18 bits per heavy atom. The largest absolute Gasteiger partial charge is 0.342 e. The molecule has 2 heterocycles. The van der Waals surface area contributed by atoms with Gasteiger partial charge in [-0.15, -0.1) is 0 Å². The van der Waals surface area contributed by atoms with E-state index in [1.807, 2.05) is 0 Å². The Morgan fingerprint density at radius 2 is 1.41 bits per heavy atom. The maximum atomic E-state index is 12.3. The van der Waals surface area contributed by atoms with E-state index in [-0.39, 0.29) is 0 Å². The zero-order valence-electron chi connectivity index (χ0n) is 14.1. The van der Waals surface area contributed by atoms with Crippen LogP contribution in [0.15, 0.2) is 0 Å². The summed E-state index contributed by atoms with van der Waals surface area (Å²) in [5, 5.41) is 0. The first kappa shape index (κ1) is 16.3. The van der Waals surface area contributed by atoms with Crippen LogP contribution in [0.5, 0.6) is 0 Å². The lowest BCUT2D eigenvalue weighted by atomic mass is 9.89. The Labute approximate surface area is 135 Å². The normalized spacial score (nSPS) is 26.3. The van der Waals surface area contributed by atoms with Gasteiger partial charge in [0.05, 0.1) is 6.54 Å².